The van der Waals surface area contributed by atoms with Gasteiger partial charge in [0, 0.05) is 6.04 Å². The van der Waals surface area contributed by atoms with E-state index in [2.05, 4.69) is 58.0 Å². The van der Waals surface area contributed by atoms with E-state index in [1.54, 1.807) is 0 Å². The molecule has 1 rings (SSSR count). The summed E-state index contributed by atoms with van der Waals surface area (Å²) < 4.78 is 0. The molecule has 0 aromatic heterocycles. The first-order valence-electron chi connectivity index (χ1n) is 12.3. The minimum Gasteiger partial charge on any atom is -0.327 e. The summed E-state index contributed by atoms with van der Waals surface area (Å²) in [6.45, 7) is 9.24. The van der Waals surface area contributed by atoms with E-state index >= 15 is 0 Å². The van der Waals surface area contributed by atoms with Gasteiger partial charge in [0.1, 0.15) is 0 Å². The van der Waals surface area contributed by atoms with Crippen LogP contribution >= 0.6 is 0 Å². The Bertz CT molecular complexity index is 453. The van der Waals surface area contributed by atoms with Crippen molar-refractivity contribution < 1.29 is 0 Å². The molecule has 0 radical (unpaired) electrons. The van der Waals surface area contributed by atoms with Crippen molar-refractivity contribution in [1.82, 2.24) is 0 Å². The monoisotopic (exact) mass is 387 g/mol. The van der Waals surface area contributed by atoms with Crippen LogP contribution < -0.4 is 5.73 Å². The number of hydrogen-bond acceptors (Lipinski definition) is 1. The van der Waals surface area contributed by atoms with Gasteiger partial charge < -0.3 is 5.73 Å². The van der Waals surface area contributed by atoms with Crippen LogP contribution in [0.5, 0.6) is 0 Å². The van der Waals surface area contributed by atoms with E-state index in [-0.39, 0.29) is 0 Å². The van der Waals surface area contributed by atoms with Gasteiger partial charge in [-0.1, -0.05) is 129 Å². The van der Waals surface area contributed by atoms with Gasteiger partial charge in [-0.3, -0.25) is 0 Å². The number of unbranched alkanes of at least 4 members (excludes halogenated alkanes) is 10. The molecule has 1 nitrogen and oxygen atoms in total. The van der Waals surface area contributed by atoms with Gasteiger partial charge in [-0.2, -0.15) is 0 Å². The van der Waals surface area contributed by atoms with E-state index < -0.39 is 0 Å². The number of rotatable bonds is 17. The molecule has 0 fully saturated rings. The first-order chi connectivity index (χ1) is 13.5. The van der Waals surface area contributed by atoms with E-state index in [4.69, 9.17) is 5.73 Å². The summed E-state index contributed by atoms with van der Waals surface area (Å²) in [4.78, 5) is 0. The lowest BCUT2D eigenvalue weighted by atomic mass is 9.81. The van der Waals surface area contributed by atoms with Crippen LogP contribution in [0.25, 0.3) is 0 Å². The Morgan fingerprint density at radius 1 is 0.643 bits per heavy atom. The molecule has 1 aromatic rings. The molecule has 0 heterocycles. The summed E-state index contributed by atoms with van der Waals surface area (Å²) in [7, 11) is 0. The van der Waals surface area contributed by atoms with E-state index in [9.17, 15) is 0 Å². The number of aryl methyl sites for hydroxylation is 1. The van der Waals surface area contributed by atoms with Crippen LogP contribution in [0.2, 0.25) is 0 Å². The fourth-order valence-corrected chi connectivity index (χ4v) is 4.28. The highest BCUT2D eigenvalue weighted by Crippen LogP contribution is 2.24. The first kappa shape index (κ1) is 25.2. The van der Waals surface area contributed by atoms with Crippen LogP contribution in [0.3, 0.4) is 0 Å². The molecule has 0 aliphatic rings. The molecule has 0 spiro atoms. The molecule has 28 heavy (non-hydrogen) atoms. The zero-order chi connectivity index (χ0) is 20.6. The van der Waals surface area contributed by atoms with Crippen molar-refractivity contribution in [3.8, 4) is 0 Å². The summed E-state index contributed by atoms with van der Waals surface area (Å²) in [6, 6.07) is 11.3. The predicted molar refractivity (Wildman–Crippen MR) is 127 cm³/mol. The minimum atomic E-state index is 0.355. The maximum atomic E-state index is 6.32. The molecule has 162 valence electrons. The molecule has 0 saturated heterocycles. The molecule has 0 bridgehead atoms. The smallest absolute Gasteiger partial charge is 0.00902 e. The Balaban J connectivity index is 1.84. The SMILES string of the molecule is CC(C)C(N)C(C)C(C)CCCCCCCCCCCCCc1ccccc1. The molecule has 1 aromatic carbocycles. The number of benzene rings is 1. The Morgan fingerprint density at radius 2 is 1.11 bits per heavy atom. The molecule has 1 heteroatoms. The van der Waals surface area contributed by atoms with Gasteiger partial charge in [0.05, 0.1) is 0 Å². The minimum absolute atomic E-state index is 0.355. The molecule has 3 atom stereocenters. The Labute approximate surface area is 176 Å². The van der Waals surface area contributed by atoms with Crippen molar-refractivity contribution in [1.29, 1.82) is 0 Å². The highest BCUT2D eigenvalue weighted by Gasteiger charge is 2.21. The summed E-state index contributed by atoms with van der Waals surface area (Å²) in [5.74, 6) is 2.01. The maximum absolute atomic E-state index is 6.32. The zero-order valence-corrected chi connectivity index (χ0v) is 19.5. The lowest BCUT2D eigenvalue weighted by molar-refractivity contribution is 0.259. The van der Waals surface area contributed by atoms with Crippen molar-refractivity contribution >= 4 is 0 Å². The van der Waals surface area contributed by atoms with Crippen LogP contribution in [-0.2, 0) is 6.42 Å². The summed E-state index contributed by atoms with van der Waals surface area (Å²) in [6.07, 6.45) is 18.2. The van der Waals surface area contributed by atoms with Gasteiger partial charge >= 0.3 is 0 Å². The Hall–Kier alpha value is -0.820. The van der Waals surface area contributed by atoms with E-state index in [0.717, 1.165) is 5.92 Å². The van der Waals surface area contributed by atoms with Gasteiger partial charge in [-0.25, -0.2) is 0 Å². The second-order valence-corrected chi connectivity index (χ2v) is 9.57. The third-order valence-corrected chi connectivity index (χ3v) is 6.74. The lowest BCUT2D eigenvalue weighted by Gasteiger charge is -2.28. The standard InChI is InChI=1S/C27H49N/c1-23(2)27(28)25(4)24(3)19-15-12-10-8-6-5-7-9-11-13-16-20-26-21-17-14-18-22-26/h14,17-18,21-25,27H,5-13,15-16,19-20,28H2,1-4H3. The molecule has 0 aliphatic carbocycles. The zero-order valence-electron chi connectivity index (χ0n) is 19.5. The van der Waals surface area contributed by atoms with Crippen molar-refractivity contribution in [2.75, 3.05) is 0 Å². The average Bonchev–Trinajstić information content (AvgIpc) is 2.70. The molecule has 0 saturated carbocycles. The second-order valence-electron chi connectivity index (χ2n) is 9.57. The quantitative estimate of drug-likeness (QED) is 0.268. The van der Waals surface area contributed by atoms with Crippen LogP contribution in [0, 0.1) is 17.8 Å². The summed E-state index contributed by atoms with van der Waals surface area (Å²) in [5, 5.41) is 0. The topological polar surface area (TPSA) is 26.0 Å². The van der Waals surface area contributed by atoms with E-state index in [1.165, 1.54) is 89.0 Å². The van der Waals surface area contributed by atoms with Crippen molar-refractivity contribution in [2.45, 2.75) is 117 Å². The van der Waals surface area contributed by atoms with Gasteiger partial charge in [-0.05, 0) is 36.2 Å². The summed E-state index contributed by atoms with van der Waals surface area (Å²) in [5.41, 5.74) is 7.82. The molecule has 3 unspecified atom stereocenters. The molecular weight excluding hydrogens is 338 g/mol. The maximum Gasteiger partial charge on any atom is 0.00902 e. The average molecular weight is 388 g/mol. The second kappa shape index (κ2) is 16.0. The fourth-order valence-electron chi connectivity index (χ4n) is 4.28. The van der Waals surface area contributed by atoms with Crippen molar-refractivity contribution in [3.63, 3.8) is 0 Å². The van der Waals surface area contributed by atoms with Crippen LogP contribution in [-0.4, -0.2) is 6.04 Å². The van der Waals surface area contributed by atoms with E-state index in [1.807, 2.05) is 0 Å². The van der Waals surface area contributed by atoms with Crippen molar-refractivity contribution in [2.24, 2.45) is 23.5 Å². The predicted octanol–water partition coefficient (Wildman–Crippen LogP) is 8.17. The first-order valence-corrected chi connectivity index (χ1v) is 12.3. The fraction of sp³-hybridized carbons (Fsp3) is 0.778. The number of hydrogen-bond donors (Lipinski definition) is 1. The third kappa shape index (κ3) is 11.9. The Kier molecular flexibility index (Phi) is 14.4. The van der Waals surface area contributed by atoms with Crippen molar-refractivity contribution in [3.05, 3.63) is 35.9 Å². The highest BCUT2D eigenvalue weighted by atomic mass is 14.7. The van der Waals surface area contributed by atoms with Crippen LogP contribution in [0.15, 0.2) is 30.3 Å². The van der Waals surface area contributed by atoms with Gasteiger partial charge in [0.2, 0.25) is 0 Å². The van der Waals surface area contributed by atoms with Crippen LogP contribution in [0.4, 0.5) is 0 Å². The van der Waals surface area contributed by atoms with Gasteiger partial charge in [0.15, 0.2) is 0 Å². The Morgan fingerprint density at radius 3 is 1.61 bits per heavy atom. The largest absolute Gasteiger partial charge is 0.327 e. The third-order valence-electron chi connectivity index (χ3n) is 6.74. The molecule has 0 amide bonds. The molecule has 0 aliphatic heterocycles. The highest BCUT2D eigenvalue weighted by molar-refractivity contribution is 5.14. The number of nitrogens with two attached hydrogens (primary N) is 1. The van der Waals surface area contributed by atoms with Crippen LogP contribution in [0.1, 0.15) is 110 Å². The normalized spacial score (nSPS) is 14.9. The van der Waals surface area contributed by atoms with E-state index in [0.29, 0.717) is 17.9 Å². The van der Waals surface area contributed by atoms with Gasteiger partial charge in [0.25, 0.3) is 0 Å². The molecular formula is C27H49N. The molecule has 2 N–H and O–H groups in total. The summed E-state index contributed by atoms with van der Waals surface area (Å²) >= 11 is 0. The lowest BCUT2D eigenvalue weighted by Crippen LogP contribution is -2.36. The van der Waals surface area contributed by atoms with Gasteiger partial charge in [-0.15, -0.1) is 0 Å².